The lowest BCUT2D eigenvalue weighted by Crippen LogP contribution is -2.31. The van der Waals surface area contributed by atoms with Crippen LogP contribution < -0.4 is 10.1 Å². The van der Waals surface area contributed by atoms with Gasteiger partial charge in [0.15, 0.2) is 0 Å². The smallest absolute Gasteiger partial charge is 0.297 e. The molecule has 0 spiro atoms. The van der Waals surface area contributed by atoms with Gasteiger partial charge in [0, 0.05) is 36.0 Å². The molecule has 7 heteroatoms. The Morgan fingerprint density at radius 1 is 1.13 bits per heavy atom. The van der Waals surface area contributed by atoms with E-state index in [1.165, 1.54) is 17.1 Å². The van der Waals surface area contributed by atoms with Gasteiger partial charge in [0.1, 0.15) is 11.3 Å². The Balaban J connectivity index is 1.49. The zero-order chi connectivity index (χ0) is 21.4. The van der Waals surface area contributed by atoms with Gasteiger partial charge < -0.3 is 14.5 Å². The summed E-state index contributed by atoms with van der Waals surface area (Å²) in [5, 5.41) is 3.89. The van der Waals surface area contributed by atoms with Crippen LogP contribution in [0.25, 0.3) is 16.7 Å². The molecule has 0 radical (unpaired) electrons. The fourth-order valence-electron chi connectivity index (χ4n) is 3.96. The van der Waals surface area contributed by atoms with E-state index >= 15 is 0 Å². The SMILES string of the molecule is CNCC1C=C(c2cccc(OCC3CC3)c2)N(S(=O)(=O)c2cc3ccccc3o2)C1. The van der Waals surface area contributed by atoms with Crippen LogP contribution in [0.1, 0.15) is 18.4 Å². The van der Waals surface area contributed by atoms with E-state index in [1.54, 1.807) is 12.1 Å². The molecule has 0 bridgehead atoms. The molecular formula is C24H26N2O4S. The molecule has 6 nitrogen and oxygen atoms in total. The summed E-state index contributed by atoms with van der Waals surface area (Å²) in [6.45, 7) is 1.77. The molecule has 1 unspecified atom stereocenters. The van der Waals surface area contributed by atoms with Gasteiger partial charge in [-0.05, 0) is 44.0 Å². The summed E-state index contributed by atoms with van der Waals surface area (Å²) in [6, 6.07) is 16.6. The van der Waals surface area contributed by atoms with Crippen molar-refractivity contribution in [2.45, 2.75) is 17.9 Å². The Kier molecular flexibility index (Phi) is 5.24. The highest BCUT2D eigenvalue weighted by Gasteiger charge is 2.36. The van der Waals surface area contributed by atoms with Crippen molar-refractivity contribution < 1.29 is 17.6 Å². The molecule has 1 aliphatic heterocycles. The first-order valence-corrected chi connectivity index (χ1v) is 12.1. The number of hydrogen-bond donors (Lipinski definition) is 1. The topological polar surface area (TPSA) is 71.8 Å². The van der Waals surface area contributed by atoms with Gasteiger partial charge in [0.05, 0.1) is 12.3 Å². The van der Waals surface area contributed by atoms with Crippen LogP contribution in [0.15, 0.2) is 70.2 Å². The van der Waals surface area contributed by atoms with Crippen LogP contribution in [0.5, 0.6) is 5.75 Å². The van der Waals surface area contributed by atoms with Gasteiger partial charge in [-0.25, -0.2) is 0 Å². The van der Waals surface area contributed by atoms with Crippen molar-refractivity contribution in [1.29, 1.82) is 0 Å². The standard InChI is InChI=1S/C24H26N2O4S/c1-25-14-18-11-22(19-6-4-7-21(12-19)29-16-17-9-10-17)26(15-18)31(27,28)24-13-20-5-2-3-8-23(20)30-24/h2-8,11-13,17-18,25H,9-10,14-16H2,1H3. The molecule has 0 saturated heterocycles. The van der Waals surface area contributed by atoms with Crippen LogP contribution >= 0.6 is 0 Å². The molecule has 1 fully saturated rings. The predicted molar refractivity (Wildman–Crippen MR) is 120 cm³/mol. The number of rotatable bonds is 8. The van der Waals surface area contributed by atoms with Crippen molar-refractivity contribution in [2.24, 2.45) is 11.8 Å². The quantitative estimate of drug-likeness (QED) is 0.573. The molecule has 2 aromatic carbocycles. The number of nitrogens with zero attached hydrogens (tertiary/aromatic N) is 1. The van der Waals surface area contributed by atoms with Gasteiger partial charge in [0.25, 0.3) is 10.0 Å². The van der Waals surface area contributed by atoms with E-state index in [0.29, 0.717) is 36.9 Å². The van der Waals surface area contributed by atoms with Gasteiger partial charge in [-0.3, -0.25) is 4.31 Å². The molecule has 3 aromatic rings. The summed E-state index contributed by atoms with van der Waals surface area (Å²) in [6.07, 6.45) is 4.47. The third kappa shape index (κ3) is 4.07. The number of ether oxygens (including phenoxy) is 1. The molecule has 1 aliphatic carbocycles. The highest BCUT2D eigenvalue weighted by Crippen LogP contribution is 2.37. The molecule has 0 amide bonds. The third-order valence-corrected chi connectivity index (χ3v) is 7.42. The minimum absolute atomic E-state index is 0.0363. The van der Waals surface area contributed by atoms with Crippen LogP contribution in [0, 0.1) is 11.8 Å². The van der Waals surface area contributed by atoms with Crippen molar-refractivity contribution in [2.75, 3.05) is 26.7 Å². The number of sulfonamides is 1. The Labute approximate surface area is 182 Å². The number of para-hydroxylation sites is 1. The third-order valence-electron chi connectivity index (χ3n) is 5.79. The number of hydrogen-bond acceptors (Lipinski definition) is 5. The first-order valence-electron chi connectivity index (χ1n) is 10.7. The number of fused-ring (bicyclic) bond motifs is 1. The zero-order valence-corrected chi connectivity index (χ0v) is 18.3. The lowest BCUT2D eigenvalue weighted by molar-refractivity contribution is 0.299. The average Bonchev–Trinajstić information content (AvgIpc) is 3.32. The molecule has 1 atom stereocenters. The number of benzene rings is 2. The highest BCUT2D eigenvalue weighted by molar-refractivity contribution is 7.89. The van der Waals surface area contributed by atoms with Crippen molar-refractivity contribution in [3.8, 4) is 5.75 Å². The van der Waals surface area contributed by atoms with Gasteiger partial charge in [-0.2, -0.15) is 8.42 Å². The van der Waals surface area contributed by atoms with Gasteiger partial charge in [-0.15, -0.1) is 0 Å². The maximum Gasteiger partial charge on any atom is 0.297 e. The first kappa shape index (κ1) is 20.2. The fraction of sp³-hybridized carbons (Fsp3) is 0.333. The van der Waals surface area contributed by atoms with Crippen molar-refractivity contribution in [3.63, 3.8) is 0 Å². The molecule has 2 heterocycles. The van der Waals surface area contributed by atoms with Crippen LogP contribution in [0.2, 0.25) is 0 Å². The van der Waals surface area contributed by atoms with Crippen LogP contribution in [-0.2, 0) is 10.0 Å². The summed E-state index contributed by atoms with van der Waals surface area (Å²) in [4.78, 5) is 0. The molecule has 2 aliphatic rings. The summed E-state index contributed by atoms with van der Waals surface area (Å²) in [7, 11) is -1.98. The highest BCUT2D eigenvalue weighted by atomic mass is 32.2. The second kappa shape index (κ2) is 8.05. The monoisotopic (exact) mass is 438 g/mol. The predicted octanol–water partition coefficient (Wildman–Crippen LogP) is 4.10. The summed E-state index contributed by atoms with van der Waals surface area (Å²) in [5.74, 6) is 1.48. The van der Waals surface area contributed by atoms with E-state index in [2.05, 4.69) is 5.32 Å². The second-order valence-electron chi connectivity index (χ2n) is 8.29. The Bertz CT molecular complexity index is 1190. The molecule has 5 rings (SSSR count). The first-order chi connectivity index (χ1) is 15.0. The van der Waals surface area contributed by atoms with E-state index in [0.717, 1.165) is 16.7 Å². The van der Waals surface area contributed by atoms with Crippen molar-refractivity contribution >= 4 is 26.7 Å². The lowest BCUT2D eigenvalue weighted by Gasteiger charge is -2.22. The Hall–Kier alpha value is -2.77. The average molecular weight is 439 g/mol. The maximum absolute atomic E-state index is 13.6. The number of nitrogens with one attached hydrogen (secondary N) is 1. The fourth-order valence-corrected chi connectivity index (χ4v) is 5.46. The molecule has 1 aromatic heterocycles. The van der Waals surface area contributed by atoms with E-state index in [4.69, 9.17) is 9.15 Å². The van der Waals surface area contributed by atoms with E-state index in [-0.39, 0.29) is 11.0 Å². The second-order valence-corrected chi connectivity index (χ2v) is 10.1. The molecule has 31 heavy (non-hydrogen) atoms. The van der Waals surface area contributed by atoms with Crippen LogP contribution in [0.4, 0.5) is 0 Å². The number of furan rings is 1. The van der Waals surface area contributed by atoms with Gasteiger partial charge in [0.2, 0.25) is 5.09 Å². The molecule has 1 N–H and O–H groups in total. The zero-order valence-electron chi connectivity index (χ0n) is 17.5. The van der Waals surface area contributed by atoms with Crippen LogP contribution in [0.3, 0.4) is 0 Å². The van der Waals surface area contributed by atoms with Crippen molar-refractivity contribution in [3.05, 3.63) is 66.2 Å². The summed E-state index contributed by atoms with van der Waals surface area (Å²) < 4.78 is 40.3. The van der Waals surface area contributed by atoms with E-state index in [9.17, 15) is 8.42 Å². The Morgan fingerprint density at radius 2 is 1.97 bits per heavy atom. The summed E-state index contributed by atoms with van der Waals surface area (Å²) in [5.41, 5.74) is 2.05. The lowest BCUT2D eigenvalue weighted by atomic mass is 10.1. The van der Waals surface area contributed by atoms with E-state index in [1.807, 2.05) is 55.6 Å². The summed E-state index contributed by atoms with van der Waals surface area (Å²) >= 11 is 0. The molecular weight excluding hydrogens is 412 g/mol. The van der Waals surface area contributed by atoms with Crippen molar-refractivity contribution in [1.82, 2.24) is 9.62 Å². The normalized spacial score (nSPS) is 19.1. The largest absolute Gasteiger partial charge is 0.493 e. The minimum Gasteiger partial charge on any atom is -0.493 e. The minimum atomic E-state index is -3.85. The van der Waals surface area contributed by atoms with E-state index < -0.39 is 10.0 Å². The van der Waals surface area contributed by atoms with Gasteiger partial charge in [-0.1, -0.05) is 36.4 Å². The Morgan fingerprint density at radius 3 is 2.74 bits per heavy atom. The van der Waals surface area contributed by atoms with Gasteiger partial charge >= 0.3 is 0 Å². The molecule has 162 valence electrons. The maximum atomic E-state index is 13.6. The van der Waals surface area contributed by atoms with Crippen LogP contribution in [-0.4, -0.2) is 39.5 Å². The molecule has 1 saturated carbocycles.